The molecule has 1 aliphatic heterocycles. The Morgan fingerprint density at radius 2 is 1.78 bits per heavy atom. The fourth-order valence-corrected chi connectivity index (χ4v) is 2.92. The van der Waals surface area contributed by atoms with Crippen LogP contribution in [-0.4, -0.2) is 42.0 Å². The first kappa shape index (κ1) is 13.8. The van der Waals surface area contributed by atoms with Gasteiger partial charge >= 0.3 is 0 Å². The topological polar surface area (TPSA) is 49.6 Å². The minimum absolute atomic E-state index is 0.0399. The Kier molecular flexibility index (Phi) is 3.46. The highest BCUT2D eigenvalue weighted by Crippen LogP contribution is 2.21. The van der Waals surface area contributed by atoms with Crippen molar-refractivity contribution >= 4 is 22.7 Å². The molecule has 116 valence electrons. The largest absolute Gasteiger partial charge is 0.451 e. The first-order valence-corrected chi connectivity index (χ1v) is 7.75. The lowest BCUT2D eigenvalue weighted by Gasteiger charge is -2.34. The Morgan fingerprint density at radius 3 is 2.52 bits per heavy atom. The van der Waals surface area contributed by atoms with E-state index in [1.54, 1.807) is 6.20 Å². The van der Waals surface area contributed by atoms with Gasteiger partial charge in [-0.15, -0.1) is 0 Å². The molecule has 5 nitrogen and oxygen atoms in total. The Labute approximate surface area is 134 Å². The molecule has 0 saturated carbocycles. The Hall–Kier alpha value is -2.82. The van der Waals surface area contributed by atoms with Crippen LogP contribution < -0.4 is 4.90 Å². The SMILES string of the molecule is O=C(c1cc2ccccc2o1)N1CCN(c2ccccn2)CC1. The van der Waals surface area contributed by atoms with E-state index >= 15 is 0 Å². The van der Waals surface area contributed by atoms with E-state index in [0.29, 0.717) is 18.8 Å². The first-order chi connectivity index (χ1) is 11.3. The monoisotopic (exact) mass is 307 g/mol. The van der Waals surface area contributed by atoms with Gasteiger partial charge in [0.2, 0.25) is 0 Å². The molecule has 1 saturated heterocycles. The molecule has 2 aromatic heterocycles. The molecule has 0 radical (unpaired) electrons. The van der Waals surface area contributed by atoms with E-state index in [-0.39, 0.29) is 5.91 Å². The first-order valence-electron chi connectivity index (χ1n) is 7.75. The fraction of sp³-hybridized carbons (Fsp3) is 0.222. The molecule has 23 heavy (non-hydrogen) atoms. The van der Waals surface area contributed by atoms with Crippen LogP contribution in [0.3, 0.4) is 0 Å². The van der Waals surface area contributed by atoms with Gasteiger partial charge in [-0.3, -0.25) is 4.79 Å². The van der Waals surface area contributed by atoms with Gasteiger partial charge in [0.1, 0.15) is 11.4 Å². The highest BCUT2D eigenvalue weighted by molar-refractivity contribution is 5.96. The summed E-state index contributed by atoms with van der Waals surface area (Å²) in [6.07, 6.45) is 1.79. The van der Waals surface area contributed by atoms with Crippen molar-refractivity contribution in [2.75, 3.05) is 31.1 Å². The average Bonchev–Trinajstić information content (AvgIpc) is 3.06. The van der Waals surface area contributed by atoms with Crippen molar-refractivity contribution in [2.45, 2.75) is 0 Å². The molecular formula is C18H17N3O2. The molecule has 4 rings (SSSR count). The van der Waals surface area contributed by atoms with Gasteiger partial charge in [0.25, 0.3) is 5.91 Å². The number of amides is 1. The summed E-state index contributed by atoms with van der Waals surface area (Å²) in [5, 5.41) is 0.961. The van der Waals surface area contributed by atoms with Crippen molar-refractivity contribution in [3.63, 3.8) is 0 Å². The normalized spacial score (nSPS) is 15.1. The lowest BCUT2D eigenvalue weighted by Crippen LogP contribution is -2.49. The highest BCUT2D eigenvalue weighted by Gasteiger charge is 2.24. The molecule has 3 aromatic rings. The van der Waals surface area contributed by atoms with Crippen LogP contribution in [0.5, 0.6) is 0 Å². The number of rotatable bonds is 2. The van der Waals surface area contributed by atoms with Gasteiger partial charge in [-0.2, -0.15) is 0 Å². The number of carbonyl (C=O) groups excluding carboxylic acids is 1. The molecule has 0 atom stereocenters. The van der Waals surface area contributed by atoms with Gasteiger partial charge in [-0.25, -0.2) is 4.98 Å². The number of nitrogens with zero attached hydrogens (tertiary/aromatic N) is 3. The molecule has 0 aliphatic carbocycles. The molecule has 0 bridgehead atoms. The number of benzene rings is 1. The van der Waals surface area contributed by atoms with Crippen LogP contribution in [0.25, 0.3) is 11.0 Å². The zero-order chi connectivity index (χ0) is 15.6. The second-order valence-electron chi connectivity index (χ2n) is 5.62. The summed E-state index contributed by atoms with van der Waals surface area (Å²) < 4.78 is 5.68. The van der Waals surface area contributed by atoms with Crippen molar-refractivity contribution < 1.29 is 9.21 Å². The quantitative estimate of drug-likeness (QED) is 0.730. The predicted octanol–water partition coefficient (Wildman–Crippen LogP) is 2.79. The molecule has 0 unspecified atom stereocenters. The minimum atomic E-state index is -0.0399. The molecule has 0 spiro atoms. The van der Waals surface area contributed by atoms with E-state index in [4.69, 9.17) is 4.42 Å². The number of fused-ring (bicyclic) bond motifs is 1. The summed E-state index contributed by atoms with van der Waals surface area (Å²) in [4.78, 5) is 21.0. The molecular weight excluding hydrogens is 290 g/mol. The van der Waals surface area contributed by atoms with Crippen LogP contribution >= 0.6 is 0 Å². The van der Waals surface area contributed by atoms with Gasteiger partial charge in [0.15, 0.2) is 5.76 Å². The van der Waals surface area contributed by atoms with Crippen LogP contribution in [0.4, 0.5) is 5.82 Å². The third-order valence-corrected chi connectivity index (χ3v) is 4.18. The summed E-state index contributed by atoms with van der Waals surface area (Å²) in [5.74, 6) is 1.34. The van der Waals surface area contributed by atoms with Crippen molar-refractivity contribution in [3.05, 3.63) is 60.5 Å². The van der Waals surface area contributed by atoms with Gasteiger partial charge < -0.3 is 14.2 Å². The van der Waals surface area contributed by atoms with Crippen molar-refractivity contribution in [1.29, 1.82) is 0 Å². The van der Waals surface area contributed by atoms with Gasteiger partial charge in [-0.1, -0.05) is 24.3 Å². The third-order valence-electron chi connectivity index (χ3n) is 4.18. The van der Waals surface area contributed by atoms with Crippen molar-refractivity contribution in [3.8, 4) is 0 Å². The van der Waals surface area contributed by atoms with Gasteiger partial charge in [0.05, 0.1) is 0 Å². The second-order valence-corrected chi connectivity index (χ2v) is 5.62. The molecule has 1 aromatic carbocycles. The minimum Gasteiger partial charge on any atom is -0.451 e. The smallest absolute Gasteiger partial charge is 0.289 e. The number of hydrogen-bond donors (Lipinski definition) is 0. The summed E-state index contributed by atoms with van der Waals surface area (Å²) in [6, 6.07) is 15.4. The number of anilines is 1. The van der Waals surface area contributed by atoms with E-state index in [9.17, 15) is 4.79 Å². The maximum absolute atomic E-state index is 12.6. The second kappa shape index (κ2) is 5.76. The number of para-hydroxylation sites is 1. The zero-order valence-corrected chi connectivity index (χ0v) is 12.7. The van der Waals surface area contributed by atoms with Crippen LogP contribution in [0.15, 0.2) is 59.1 Å². The van der Waals surface area contributed by atoms with E-state index in [1.165, 1.54) is 0 Å². The molecule has 1 aliphatic rings. The van der Waals surface area contributed by atoms with E-state index in [2.05, 4.69) is 9.88 Å². The number of piperazine rings is 1. The molecule has 5 heteroatoms. The summed E-state index contributed by atoms with van der Waals surface area (Å²) >= 11 is 0. The number of pyridine rings is 1. The van der Waals surface area contributed by atoms with E-state index in [1.807, 2.05) is 53.4 Å². The van der Waals surface area contributed by atoms with Gasteiger partial charge in [-0.05, 0) is 24.3 Å². The molecule has 3 heterocycles. The summed E-state index contributed by atoms with van der Waals surface area (Å²) in [7, 11) is 0. The maximum Gasteiger partial charge on any atom is 0.289 e. The lowest BCUT2D eigenvalue weighted by molar-refractivity contribution is 0.0717. The van der Waals surface area contributed by atoms with Crippen molar-refractivity contribution in [1.82, 2.24) is 9.88 Å². The number of furan rings is 1. The molecule has 0 N–H and O–H groups in total. The summed E-state index contributed by atoms with van der Waals surface area (Å²) in [5.41, 5.74) is 0.753. The van der Waals surface area contributed by atoms with Crippen molar-refractivity contribution in [2.24, 2.45) is 0 Å². The van der Waals surface area contributed by atoms with Crippen LogP contribution in [0.1, 0.15) is 10.6 Å². The Balaban J connectivity index is 1.46. The molecule has 1 amide bonds. The zero-order valence-electron chi connectivity index (χ0n) is 12.7. The number of carbonyl (C=O) groups is 1. The maximum atomic E-state index is 12.6. The lowest BCUT2D eigenvalue weighted by atomic mass is 10.2. The number of aromatic nitrogens is 1. The van der Waals surface area contributed by atoms with E-state index < -0.39 is 0 Å². The third kappa shape index (κ3) is 2.65. The van der Waals surface area contributed by atoms with Gasteiger partial charge in [0, 0.05) is 37.8 Å². The van der Waals surface area contributed by atoms with Crippen LogP contribution in [0.2, 0.25) is 0 Å². The van der Waals surface area contributed by atoms with Crippen LogP contribution in [0, 0.1) is 0 Å². The number of hydrogen-bond acceptors (Lipinski definition) is 4. The Bertz CT molecular complexity index is 787. The van der Waals surface area contributed by atoms with Crippen LogP contribution in [-0.2, 0) is 0 Å². The standard InChI is InChI=1S/C18H17N3O2/c22-18(16-13-14-5-1-2-6-15(14)23-16)21-11-9-20(10-12-21)17-7-3-4-8-19-17/h1-8,13H,9-12H2. The predicted molar refractivity (Wildman–Crippen MR) is 88.6 cm³/mol. The highest BCUT2D eigenvalue weighted by atomic mass is 16.3. The Morgan fingerprint density at radius 1 is 1.00 bits per heavy atom. The van der Waals surface area contributed by atoms with E-state index in [0.717, 1.165) is 29.9 Å². The average molecular weight is 307 g/mol. The fourth-order valence-electron chi connectivity index (χ4n) is 2.92. The summed E-state index contributed by atoms with van der Waals surface area (Å²) in [6.45, 7) is 2.91. The molecule has 1 fully saturated rings.